The first-order valence-corrected chi connectivity index (χ1v) is 9.59. The van der Waals surface area contributed by atoms with Crippen molar-refractivity contribution in [2.24, 2.45) is 0 Å². The van der Waals surface area contributed by atoms with Crippen molar-refractivity contribution in [1.29, 1.82) is 0 Å². The van der Waals surface area contributed by atoms with E-state index in [-0.39, 0.29) is 56.2 Å². The van der Waals surface area contributed by atoms with Crippen molar-refractivity contribution in [3.63, 3.8) is 0 Å². The van der Waals surface area contributed by atoms with Gasteiger partial charge in [0.05, 0.1) is 12.2 Å². The van der Waals surface area contributed by atoms with E-state index in [0.29, 0.717) is 0 Å². The Morgan fingerprint density at radius 3 is 1.60 bits per heavy atom. The van der Waals surface area contributed by atoms with Gasteiger partial charge in [0.2, 0.25) is 0 Å². The summed E-state index contributed by atoms with van der Waals surface area (Å²) in [6.07, 6.45) is -2.08. The zero-order valence-corrected chi connectivity index (χ0v) is 18.2. The van der Waals surface area contributed by atoms with E-state index in [9.17, 15) is 24.6 Å². The van der Waals surface area contributed by atoms with Crippen LogP contribution in [0.1, 0.15) is 26.7 Å². The highest BCUT2D eigenvalue weighted by molar-refractivity contribution is 7.81. The third-order valence-electron chi connectivity index (χ3n) is 3.29. The second-order valence-corrected chi connectivity index (χ2v) is 7.39. The molecule has 30 heavy (non-hydrogen) atoms. The molecule has 0 aliphatic rings. The Kier molecular flexibility index (Phi) is 13.5. The summed E-state index contributed by atoms with van der Waals surface area (Å²) >= 11 is 4.25. The molecule has 0 rings (SSSR count). The Bertz CT molecular complexity index is 590. The van der Waals surface area contributed by atoms with Crippen LogP contribution in [0.25, 0.3) is 0 Å². The molecule has 0 aliphatic heterocycles. The molecule has 0 amide bonds. The van der Waals surface area contributed by atoms with E-state index >= 15 is 0 Å². The van der Waals surface area contributed by atoms with Crippen molar-refractivity contribution in [3.05, 3.63) is 36.6 Å². The van der Waals surface area contributed by atoms with Crippen molar-refractivity contribution >= 4 is 30.5 Å². The minimum Gasteiger partial charge on any atom is -0.496 e. The SMILES string of the molecule is C=C(CC(S)CC(=O)OCC(O)COC(=O)C(=C)C)OCC(O)COC(=O)C(=C)C. The van der Waals surface area contributed by atoms with Gasteiger partial charge in [0, 0.05) is 22.8 Å². The molecule has 9 nitrogen and oxygen atoms in total. The maximum atomic E-state index is 11.8. The van der Waals surface area contributed by atoms with Gasteiger partial charge in [0.1, 0.15) is 38.6 Å². The summed E-state index contributed by atoms with van der Waals surface area (Å²) in [5, 5.41) is 18.9. The van der Waals surface area contributed by atoms with Crippen molar-refractivity contribution in [3.8, 4) is 0 Å². The smallest absolute Gasteiger partial charge is 0.333 e. The summed E-state index contributed by atoms with van der Waals surface area (Å²) < 4.78 is 19.7. The monoisotopic (exact) mass is 446 g/mol. The summed E-state index contributed by atoms with van der Waals surface area (Å²) in [6, 6.07) is 0. The molecule has 0 heterocycles. The molecule has 3 unspecified atom stereocenters. The van der Waals surface area contributed by atoms with E-state index < -0.39 is 35.4 Å². The molecule has 170 valence electrons. The molecular weight excluding hydrogens is 416 g/mol. The zero-order valence-electron chi connectivity index (χ0n) is 17.3. The normalized spacial score (nSPS) is 13.4. The Morgan fingerprint density at radius 2 is 1.17 bits per heavy atom. The van der Waals surface area contributed by atoms with Gasteiger partial charge >= 0.3 is 17.9 Å². The first kappa shape index (κ1) is 27.7. The number of allylic oxidation sites excluding steroid dienone is 1. The number of rotatable bonds is 15. The van der Waals surface area contributed by atoms with E-state index in [2.05, 4.69) is 32.4 Å². The quantitative estimate of drug-likeness (QED) is 0.111. The summed E-state index contributed by atoms with van der Waals surface area (Å²) in [5.74, 6) is -1.59. The lowest BCUT2D eigenvalue weighted by atomic mass is 10.2. The Hall–Kier alpha value is -2.30. The van der Waals surface area contributed by atoms with Crippen LogP contribution in [-0.4, -0.2) is 72.0 Å². The molecule has 0 radical (unpaired) electrons. The number of esters is 3. The van der Waals surface area contributed by atoms with Gasteiger partial charge < -0.3 is 29.2 Å². The van der Waals surface area contributed by atoms with Crippen molar-refractivity contribution in [2.45, 2.75) is 44.1 Å². The zero-order chi connectivity index (χ0) is 23.3. The minimum atomic E-state index is -1.16. The summed E-state index contributed by atoms with van der Waals surface area (Å²) in [4.78, 5) is 34.2. The number of hydrogen-bond acceptors (Lipinski definition) is 10. The van der Waals surface area contributed by atoms with Gasteiger partial charge in [-0.25, -0.2) is 9.59 Å². The predicted octanol–water partition coefficient (Wildman–Crippen LogP) is 1.10. The number of carbonyl (C=O) groups excluding carboxylic acids is 3. The lowest BCUT2D eigenvalue weighted by molar-refractivity contribution is -0.150. The average molecular weight is 447 g/mol. The van der Waals surface area contributed by atoms with Crippen molar-refractivity contribution < 1.29 is 43.5 Å². The molecule has 0 spiro atoms. The summed E-state index contributed by atoms with van der Waals surface area (Å²) in [6.45, 7) is 12.4. The van der Waals surface area contributed by atoms with Crippen LogP contribution in [0.2, 0.25) is 0 Å². The Morgan fingerprint density at radius 1 is 0.767 bits per heavy atom. The van der Waals surface area contributed by atoms with Crippen molar-refractivity contribution in [2.75, 3.05) is 26.4 Å². The predicted molar refractivity (Wildman–Crippen MR) is 112 cm³/mol. The van der Waals surface area contributed by atoms with Gasteiger partial charge in [-0.3, -0.25) is 4.79 Å². The number of ether oxygens (including phenoxy) is 4. The average Bonchev–Trinajstić information content (AvgIpc) is 2.66. The van der Waals surface area contributed by atoms with Gasteiger partial charge in [0.25, 0.3) is 0 Å². The fourth-order valence-corrected chi connectivity index (χ4v) is 2.09. The van der Waals surface area contributed by atoms with E-state index in [1.807, 2.05) is 0 Å². The highest BCUT2D eigenvalue weighted by Crippen LogP contribution is 2.15. The molecule has 0 fully saturated rings. The number of thiol groups is 1. The molecule has 3 atom stereocenters. The maximum Gasteiger partial charge on any atom is 0.333 e. The second kappa shape index (κ2) is 14.6. The van der Waals surface area contributed by atoms with Gasteiger partial charge in [-0.05, 0) is 13.8 Å². The molecule has 0 saturated heterocycles. The van der Waals surface area contributed by atoms with E-state index in [1.54, 1.807) is 0 Å². The fourth-order valence-electron chi connectivity index (χ4n) is 1.73. The molecule has 0 aromatic heterocycles. The maximum absolute atomic E-state index is 11.8. The second-order valence-electron chi connectivity index (χ2n) is 6.66. The standard InChI is InChI=1S/C20H30O9S/c1-12(2)19(24)28-10-15(21)8-26-14(5)6-17(30)7-18(23)27-9-16(22)11-29-20(25)13(3)4/h15-17,21-22,30H,1,3,5-11H2,2,4H3. The van der Waals surface area contributed by atoms with Crippen LogP contribution in [0.15, 0.2) is 36.6 Å². The van der Waals surface area contributed by atoms with Gasteiger partial charge in [-0.2, -0.15) is 12.6 Å². The van der Waals surface area contributed by atoms with E-state index in [1.165, 1.54) is 13.8 Å². The first-order valence-electron chi connectivity index (χ1n) is 9.08. The van der Waals surface area contributed by atoms with E-state index in [0.717, 1.165) is 0 Å². The van der Waals surface area contributed by atoms with Crippen LogP contribution in [-0.2, 0) is 33.3 Å². The molecule has 0 aromatic carbocycles. The van der Waals surface area contributed by atoms with Crippen LogP contribution in [0.4, 0.5) is 0 Å². The van der Waals surface area contributed by atoms with Gasteiger partial charge in [-0.1, -0.05) is 19.7 Å². The largest absolute Gasteiger partial charge is 0.496 e. The van der Waals surface area contributed by atoms with Crippen LogP contribution in [0.3, 0.4) is 0 Å². The number of carbonyl (C=O) groups is 3. The lowest BCUT2D eigenvalue weighted by Gasteiger charge is -2.17. The minimum absolute atomic E-state index is 0.0808. The van der Waals surface area contributed by atoms with Crippen LogP contribution < -0.4 is 0 Å². The van der Waals surface area contributed by atoms with Gasteiger partial charge in [0.15, 0.2) is 0 Å². The summed E-state index contributed by atoms with van der Waals surface area (Å²) in [7, 11) is 0. The highest BCUT2D eigenvalue weighted by Gasteiger charge is 2.17. The third kappa shape index (κ3) is 13.8. The number of hydrogen-bond donors (Lipinski definition) is 3. The Balaban J connectivity index is 4.03. The molecule has 0 bridgehead atoms. The Labute approximate surface area is 181 Å². The topological polar surface area (TPSA) is 129 Å². The molecule has 0 aromatic rings. The van der Waals surface area contributed by atoms with Gasteiger partial charge in [-0.15, -0.1) is 0 Å². The molecular formula is C20H30O9S. The molecule has 0 aliphatic carbocycles. The van der Waals surface area contributed by atoms with Crippen molar-refractivity contribution in [1.82, 2.24) is 0 Å². The molecule has 2 N–H and O–H groups in total. The van der Waals surface area contributed by atoms with Crippen LogP contribution >= 0.6 is 12.6 Å². The van der Waals surface area contributed by atoms with Crippen LogP contribution in [0, 0.1) is 0 Å². The van der Waals surface area contributed by atoms with E-state index in [4.69, 9.17) is 18.9 Å². The lowest BCUT2D eigenvalue weighted by Crippen LogP contribution is -2.26. The number of aliphatic hydroxyl groups is 2. The third-order valence-corrected chi connectivity index (χ3v) is 3.66. The fraction of sp³-hybridized carbons (Fsp3) is 0.550. The molecule has 10 heteroatoms. The number of aliphatic hydroxyl groups excluding tert-OH is 2. The summed E-state index contributed by atoms with van der Waals surface area (Å²) in [5.41, 5.74) is 0.415. The first-order chi connectivity index (χ1) is 13.9. The van der Waals surface area contributed by atoms with Crippen LogP contribution in [0.5, 0.6) is 0 Å². The molecule has 0 saturated carbocycles. The highest BCUT2D eigenvalue weighted by atomic mass is 32.1.